The minimum atomic E-state index is -3.54. The van der Waals surface area contributed by atoms with E-state index in [9.17, 15) is 23.7 Å². The molecule has 0 heterocycles. The summed E-state index contributed by atoms with van der Waals surface area (Å²) in [6.45, 7) is 3.30. The van der Waals surface area contributed by atoms with Crippen molar-refractivity contribution in [3.8, 4) is 0 Å². The Kier molecular flexibility index (Phi) is 5.72. The summed E-state index contributed by atoms with van der Waals surface area (Å²) in [5, 5.41) is 29.1. The molecule has 0 aromatic heterocycles. The van der Waals surface area contributed by atoms with Gasteiger partial charge in [0.25, 0.3) is 0 Å². The highest BCUT2D eigenvalue weighted by Gasteiger charge is 2.45. The number of aliphatic hydroxyl groups is 3. The Morgan fingerprint density at radius 2 is 1.89 bits per heavy atom. The molecule has 7 nitrogen and oxygen atoms in total. The average Bonchev–Trinajstić information content (AvgIpc) is 2.26. The lowest BCUT2D eigenvalue weighted by molar-refractivity contribution is -0.137. The van der Waals surface area contributed by atoms with Gasteiger partial charge >= 0.3 is 0 Å². The Hall–Kier alpha value is -0.250. The Bertz CT molecular complexity index is 385. The molecule has 4 N–H and O–H groups in total. The van der Waals surface area contributed by atoms with E-state index in [2.05, 4.69) is 4.72 Å². The standard InChI is InChI=1S/C11H23NO6S/c1-6(2)18-8-4-7(5-13)10(14)11(15)9(8)12-19(3,16)17/h6-15H,4-5H2,1-3H3/t7-,8?,9+,10+,11-/m1/s1. The molecule has 0 amide bonds. The van der Waals surface area contributed by atoms with Crippen molar-refractivity contribution in [3.05, 3.63) is 0 Å². The molecule has 0 aromatic carbocycles. The van der Waals surface area contributed by atoms with Crippen LogP contribution in [0.25, 0.3) is 0 Å². The van der Waals surface area contributed by atoms with Crippen molar-refractivity contribution in [1.82, 2.24) is 4.72 Å². The van der Waals surface area contributed by atoms with E-state index in [0.717, 1.165) is 6.26 Å². The fraction of sp³-hybridized carbons (Fsp3) is 1.00. The van der Waals surface area contributed by atoms with Crippen molar-refractivity contribution in [2.24, 2.45) is 5.92 Å². The van der Waals surface area contributed by atoms with E-state index in [1.165, 1.54) is 0 Å². The van der Waals surface area contributed by atoms with Crippen LogP contribution in [0.4, 0.5) is 0 Å². The molecule has 1 rings (SSSR count). The SMILES string of the molecule is CC(C)OC1C[C@H](CO)[C@H](O)[C@H](O)[C@H]1NS(C)(=O)=O. The maximum atomic E-state index is 11.3. The molecule has 0 bridgehead atoms. The lowest BCUT2D eigenvalue weighted by Gasteiger charge is -2.42. The quantitative estimate of drug-likeness (QED) is 0.487. The summed E-state index contributed by atoms with van der Waals surface area (Å²) >= 11 is 0. The molecule has 1 unspecified atom stereocenters. The van der Waals surface area contributed by atoms with Crippen molar-refractivity contribution in [3.63, 3.8) is 0 Å². The fourth-order valence-corrected chi connectivity index (χ4v) is 3.15. The predicted octanol–water partition coefficient (Wildman–Crippen LogP) is -1.57. The first-order valence-electron chi connectivity index (χ1n) is 6.25. The molecule has 1 fully saturated rings. The third kappa shape index (κ3) is 4.66. The Morgan fingerprint density at radius 3 is 2.32 bits per heavy atom. The zero-order chi connectivity index (χ0) is 14.8. The highest BCUT2D eigenvalue weighted by atomic mass is 32.2. The van der Waals surface area contributed by atoms with Crippen LogP contribution in [0.15, 0.2) is 0 Å². The van der Waals surface area contributed by atoms with Gasteiger partial charge in [-0.1, -0.05) is 0 Å². The second-order valence-corrected chi connectivity index (χ2v) is 7.08. The van der Waals surface area contributed by atoms with Gasteiger partial charge in [0.15, 0.2) is 0 Å². The fourth-order valence-electron chi connectivity index (χ4n) is 2.36. The topological polar surface area (TPSA) is 116 Å². The summed E-state index contributed by atoms with van der Waals surface area (Å²) in [7, 11) is -3.54. The second-order valence-electron chi connectivity index (χ2n) is 5.30. The molecule has 0 radical (unpaired) electrons. The molecule has 0 aromatic rings. The first kappa shape index (κ1) is 16.8. The molecule has 1 saturated carbocycles. The van der Waals surface area contributed by atoms with Gasteiger partial charge in [-0.25, -0.2) is 13.1 Å². The van der Waals surface area contributed by atoms with Crippen LogP contribution < -0.4 is 4.72 Å². The normalized spacial score (nSPS) is 36.7. The van der Waals surface area contributed by atoms with Crippen molar-refractivity contribution >= 4 is 10.0 Å². The van der Waals surface area contributed by atoms with E-state index < -0.39 is 40.3 Å². The molecule has 1 aliphatic carbocycles. The number of ether oxygens (including phenoxy) is 1. The van der Waals surface area contributed by atoms with Gasteiger partial charge in [0.2, 0.25) is 10.0 Å². The first-order chi connectivity index (χ1) is 8.65. The van der Waals surface area contributed by atoms with Crippen LogP contribution in [0.2, 0.25) is 0 Å². The Morgan fingerprint density at radius 1 is 1.32 bits per heavy atom. The van der Waals surface area contributed by atoms with E-state index in [1.54, 1.807) is 13.8 Å². The van der Waals surface area contributed by atoms with Crippen molar-refractivity contribution in [2.45, 2.75) is 50.7 Å². The van der Waals surface area contributed by atoms with Crippen molar-refractivity contribution < 1.29 is 28.5 Å². The maximum Gasteiger partial charge on any atom is 0.209 e. The molecule has 1 aliphatic rings. The molecular formula is C11H23NO6S. The summed E-state index contributed by atoms with van der Waals surface area (Å²) in [4.78, 5) is 0. The van der Waals surface area contributed by atoms with Gasteiger partial charge in [-0.05, 0) is 20.3 Å². The number of hydrogen-bond acceptors (Lipinski definition) is 6. The predicted molar refractivity (Wildman–Crippen MR) is 69.0 cm³/mol. The summed E-state index contributed by atoms with van der Waals surface area (Å²) in [6.07, 6.45) is -1.99. The van der Waals surface area contributed by atoms with Crippen LogP contribution >= 0.6 is 0 Å². The molecule has 8 heteroatoms. The molecule has 0 saturated heterocycles. The zero-order valence-corrected chi connectivity index (χ0v) is 12.2. The second kappa shape index (κ2) is 6.47. The molecule has 5 atom stereocenters. The van der Waals surface area contributed by atoms with Gasteiger partial charge in [-0.15, -0.1) is 0 Å². The lowest BCUT2D eigenvalue weighted by atomic mass is 9.80. The summed E-state index contributed by atoms with van der Waals surface area (Å²) in [6, 6.07) is -0.921. The molecule has 0 aliphatic heterocycles. The van der Waals surface area contributed by atoms with Gasteiger partial charge in [0.1, 0.15) is 0 Å². The number of rotatable bonds is 5. The van der Waals surface area contributed by atoms with Gasteiger partial charge in [-0.2, -0.15) is 0 Å². The van der Waals surface area contributed by atoms with E-state index in [-0.39, 0.29) is 19.1 Å². The zero-order valence-electron chi connectivity index (χ0n) is 11.4. The number of aliphatic hydroxyl groups excluding tert-OH is 3. The van der Waals surface area contributed by atoms with Crippen LogP contribution in [0, 0.1) is 5.92 Å². The smallest absolute Gasteiger partial charge is 0.209 e. The van der Waals surface area contributed by atoms with Crippen LogP contribution in [0.5, 0.6) is 0 Å². The molecule has 0 spiro atoms. The van der Waals surface area contributed by atoms with Crippen LogP contribution in [0.1, 0.15) is 20.3 Å². The minimum absolute atomic E-state index is 0.157. The van der Waals surface area contributed by atoms with Gasteiger partial charge < -0.3 is 20.1 Å². The van der Waals surface area contributed by atoms with Gasteiger partial charge in [0, 0.05) is 12.5 Å². The van der Waals surface area contributed by atoms with E-state index in [0.29, 0.717) is 0 Å². The van der Waals surface area contributed by atoms with E-state index >= 15 is 0 Å². The number of hydrogen-bond donors (Lipinski definition) is 4. The lowest BCUT2D eigenvalue weighted by Crippen LogP contribution is -2.62. The van der Waals surface area contributed by atoms with Crippen LogP contribution in [0.3, 0.4) is 0 Å². The summed E-state index contributed by atoms with van der Waals surface area (Å²) in [5.41, 5.74) is 0. The highest BCUT2D eigenvalue weighted by Crippen LogP contribution is 2.28. The van der Waals surface area contributed by atoms with Crippen LogP contribution in [-0.2, 0) is 14.8 Å². The first-order valence-corrected chi connectivity index (χ1v) is 8.14. The van der Waals surface area contributed by atoms with Gasteiger partial charge in [0.05, 0.1) is 36.7 Å². The highest BCUT2D eigenvalue weighted by molar-refractivity contribution is 7.88. The third-order valence-electron chi connectivity index (χ3n) is 3.17. The maximum absolute atomic E-state index is 11.3. The van der Waals surface area contributed by atoms with Crippen LogP contribution in [-0.4, -0.2) is 67.1 Å². The minimum Gasteiger partial charge on any atom is -0.396 e. The number of nitrogens with one attached hydrogen (secondary N) is 1. The van der Waals surface area contributed by atoms with E-state index in [1.807, 2.05) is 0 Å². The largest absolute Gasteiger partial charge is 0.396 e. The Balaban J connectivity index is 2.93. The third-order valence-corrected chi connectivity index (χ3v) is 3.87. The Labute approximate surface area is 113 Å². The van der Waals surface area contributed by atoms with Gasteiger partial charge in [-0.3, -0.25) is 0 Å². The van der Waals surface area contributed by atoms with E-state index in [4.69, 9.17) is 4.74 Å². The molecule has 19 heavy (non-hydrogen) atoms. The monoisotopic (exact) mass is 297 g/mol. The van der Waals surface area contributed by atoms with Crippen molar-refractivity contribution in [2.75, 3.05) is 12.9 Å². The van der Waals surface area contributed by atoms with Crippen molar-refractivity contribution in [1.29, 1.82) is 0 Å². The average molecular weight is 297 g/mol. The molecular weight excluding hydrogens is 274 g/mol. The summed E-state index contributed by atoms with van der Waals surface area (Å²) in [5.74, 6) is -0.531. The molecule has 114 valence electrons. The summed E-state index contributed by atoms with van der Waals surface area (Å²) < 4.78 is 30.5. The number of sulfonamides is 1.